The Bertz CT molecular complexity index is 1150. The van der Waals surface area contributed by atoms with Gasteiger partial charge >= 0.3 is 0 Å². The molecule has 1 N–H and O–H groups in total. The molecule has 8 nitrogen and oxygen atoms in total. The van der Waals surface area contributed by atoms with Gasteiger partial charge in [-0.1, -0.05) is 23.5 Å². The molecule has 0 unspecified atom stereocenters. The third-order valence-electron chi connectivity index (χ3n) is 5.93. The fourth-order valence-electron chi connectivity index (χ4n) is 4.23. The van der Waals surface area contributed by atoms with Crippen molar-refractivity contribution >= 4 is 45.4 Å². The van der Waals surface area contributed by atoms with Crippen molar-refractivity contribution in [3.8, 4) is 0 Å². The summed E-state index contributed by atoms with van der Waals surface area (Å²) in [6.07, 6.45) is 2.42. The molecule has 1 aliphatic heterocycles. The quantitative estimate of drug-likeness (QED) is 0.602. The lowest BCUT2D eigenvalue weighted by atomic mass is 9.88. The van der Waals surface area contributed by atoms with Crippen molar-refractivity contribution in [2.75, 3.05) is 31.5 Å². The van der Waals surface area contributed by atoms with E-state index in [1.54, 1.807) is 12.3 Å². The average Bonchev–Trinajstić information content (AvgIpc) is 3.50. The number of thiophene rings is 1. The first-order valence-corrected chi connectivity index (χ1v) is 12.6. The number of pyridine rings is 1. The molecule has 170 valence electrons. The Labute approximate surface area is 199 Å². The Morgan fingerprint density at radius 2 is 1.94 bits per heavy atom. The smallest absolute Gasteiger partial charge is 0.267 e. The second kappa shape index (κ2) is 9.50. The van der Waals surface area contributed by atoms with Gasteiger partial charge in [-0.05, 0) is 23.6 Å². The Morgan fingerprint density at radius 3 is 2.67 bits per heavy atom. The number of anilines is 1. The normalized spacial score (nSPS) is 18.7. The minimum Gasteiger partial charge on any atom is -0.340 e. The highest BCUT2D eigenvalue weighted by atomic mass is 32.1. The highest BCUT2D eigenvalue weighted by molar-refractivity contribution is 7.18. The summed E-state index contributed by atoms with van der Waals surface area (Å²) < 4.78 is 0. The lowest BCUT2D eigenvalue weighted by Gasteiger charge is -2.36. The minimum absolute atomic E-state index is 0.0173. The first kappa shape index (κ1) is 21.9. The minimum atomic E-state index is -0.393. The molecule has 2 amide bonds. The fraction of sp³-hybridized carbons (Fsp3) is 0.348. The maximum Gasteiger partial charge on any atom is 0.267 e. The van der Waals surface area contributed by atoms with Crippen LogP contribution in [0.2, 0.25) is 0 Å². The number of fused-ring (bicyclic) bond motifs is 1. The molecular formula is C23H23N5O3S2. The summed E-state index contributed by atoms with van der Waals surface area (Å²) >= 11 is 2.54. The van der Waals surface area contributed by atoms with Gasteiger partial charge in [-0.3, -0.25) is 29.6 Å². The van der Waals surface area contributed by atoms with E-state index in [-0.39, 0.29) is 24.0 Å². The van der Waals surface area contributed by atoms with E-state index in [2.05, 4.69) is 20.2 Å². The molecule has 3 aromatic heterocycles. The summed E-state index contributed by atoms with van der Waals surface area (Å²) in [5.74, 6) is -0.684. The number of amides is 2. The van der Waals surface area contributed by atoms with Crippen LogP contribution in [0.25, 0.3) is 0 Å². The number of hydrogen-bond acceptors (Lipinski definition) is 8. The molecule has 0 radical (unpaired) electrons. The van der Waals surface area contributed by atoms with E-state index in [0.29, 0.717) is 40.1 Å². The molecule has 10 heteroatoms. The number of rotatable bonds is 5. The van der Waals surface area contributed by atoms with Crippen molar-refractivity contribution in [1.29, 1.82) is 0 Å². The van der Waals surface area contributed by atoms with Crippen LogP contribution in [0.5, 0.6) is 0 Å². The molecular weight excluding hydrogens is 458 g/mol. The van der Waals surface area contributed by atoms with Gasteiger partial charge in [0.05, 0.1) is 27.1 Å². The SMILES string of the molecule is O=C(Nc1nc2c(s1)C(=O)C[C@@H](C(=O)N1CCN(Cc3ccccn3)CC1)C2)c1cccs1. The van der Waals surface area contributed by atoms with Gasteiger partial charge < -0.3 is 4.90 Å². The van der Waals surface area contributed by atoms with Crippen LogP contribution in [-0.4, -0.2) is 63.5 Å². The molecule has 1 saturated heterocycles. The monoisotopic (exact) mass is 481 g/mol. The van der Waals surface area contributed by atoms with E-state index in [9.17, 15) is 14.4 Å². The molecule has 0 spiro atoms. The third-order valence-corrected chi connectivity index (χ3v) is 7.86. The lowest BCUT2D eigenvalue weighted by molar-refractivity contribution is -0.137. The van der Waals surface area contributed by atoms with Crippen molar-refractivity contribution in [3.63, 3.8) is 0 Å². The Balaban J connectivity index is 1.19. The fourth-order valence-corrected chi connectivity index (χ4v) is 5.79. The van der Waals surface area contributed by atoms with Crippen molar-refractivity contribution in [1.82, 2.24) is 19.8 Å². The third kappa shape index (κ3) is 4.87. The van der Waals surface area contributed by atoms with Crippen LogP contribution < -0.4 is 5.32 Å². The number of piperazine rings is 1. The largest absolute Gasteiger partial charge is 0.340 e. The van der Waals surface area contributed by atoms with Gasteiger partial charge in [-0.25, -0.2) is 4.98 Å². The van der Waals surface area contributed by atoms with Crippen LogP contribution in [0.1, 0.15) is 37.2 Å². The molecule has 1 fully saturated rings. The van der Waals surface area contributed by atoms with Crippen LogP contribution in [0.15, 0.2) is 41.9 Å². The second-order valence-electron chi connectivity index (χ2n) is 8.18. The molecule has 33 heavy (non-hydrogen) atoms. The van der Waals surface area contributed by atoms with Gasteiger partial charge in [0.2, 0.25) is 5.91 Å². The highest BCUT2D eigenvalue weighted by Gasteiger charge is 2.36. The van der Waals surface area contributed by atoms with Crippen LogP contribution >= 0.6 is 22.7 Å². The van der Waals surface area contributed by atoms with Crippen molar-refractivity contribution < 1.29 is 14.4 Å². The maximum atomic E-state index is 13.2. The zero-order valence-electron chi connectivity index (χ0n) is 17.9. The predicted octanol–water partition coefficient (Wildman–Crippen LogP) is 2.94. The number of Topliss-reactive ketones (excluding diaryl/α,β-unsaturated/α-hetero) is 1. The van der Waals surface area contributed by atoms with Gasteiger partial charge in [-0.2, -0.15) is 0 Å². The summed E-state index contributed by atoms with van der Waals surface area (Å²) in [6.45, 7) is 3.62. The van der Waals surface area contributed by atoms with Gasteiger partial charge in [0.25, 0.3) is 5.91 Å². The zero-order valence-corrected chi connectivity index (χ0v) is 19.5. The van der Waals surface area contributed by atoms with E-state index < -0.39 is 5.92 Å². The summed E-state index contributed by atoms with van der Waals surface area (Å²) in [7, 11) is 0. The van der Waals surface area contributed by atoms with Gasteiger partial charge in [-0.15, -0.1) is 11.3 Å². The average molecular weight is 482 g/mol. The van der Waals surface area contributed by atoms with Crippen LogP contribution in [0.4, 0.5) is 5.13 Å². The number of carbonyl (C=O) groups excluding carboxylic acids is 3. The van der Waals surface area contributed by atoms with E-state index in [0.717, 1.165) is 25.3 Å². The topological polar surface area (TPSA) is 95.5 Å². The van der Waals surface area contributed by atoms with Crippen molar-refractivity contribution in [2.45, 2.75) is 19.4 Å². The molecule has 4 heterocycles. The van der Waals surface area contributed by atoms with E-state index in [1.165, 1.54) is 22.7 Å². The number of nitrogens with zero attached hydrogens (tertiary/aromatic N) is 4. The second-order valence-corrected chi connectivity index (χ2v) is 10.1. The number of hydrogen-bond donors (Lipinski definition) is 1. The predicted molar refractivity (Wildman–Crippen MR) is 127 cm³/mol. The summed E-state index contributed by atoms with van der Waals surface area (Å²) in [6, 6.07) is 9.44. The van der Waals surface area contributed by atoms with Gasteiger partial charge in [0, 0.05) is 51.8 Å². The van der Waals surface area contributed by atoms with E-state index in [1.807, 2.05) is 34.5 Å². The highest BCUT2D eigenvalue weighted by Crippen LogP contribution is 2.33. The number of aromatic nitrogens is 2. The Morgan fingerprint density at radius 1 is 1.09 bits per heavy atom. The molecule has 1 atom stereocenters. The Hall–Kier alpha value is -2.95. The van der Waals surface area contributed by atoms with Crippen LogP contribution in [0, 0.1) is 5.92 Å². The van der Waals surface area contributed by atoms with Gasteiger partial charge in [0.1, 0.15) is 0 Å². The molecule has 0 saturated carbocycles. The first-order chi connectivity index (χ1) is 16.1. The lowest BCUT2D eigenvalue weighted by Crippen LogP contribution is -2.50. The molecule has 0 aromatic carbocycles. The van der Waals surface area contributed by atoms with E-state index in [4.69, 9.17) is 0 Å². The maximum absolute atomic E-state index is 13.2. The molecule has 0 bridgehead atoms. The number of ketones is 1. The van der Waals surface area contributed by atoms with Crippen molar-refractivity contribution in [3.05, 3.63) is 63.1 Å². The van der Waals surface area contributed by atoms with E-state index >= 15 is 0 Å². The summed E-state index contributed by atoms with van der Waals surface area (Å²) in [4.78, 5) is 52.4. The summed E-state index contributed by atoms with van der Waals surface area (Å²) in [5.41, 5.74) is 1.64. The van der Waals surface area contributed by atoms with Crippen LogP contribution in [0.3, 0.4) is 0 Å². The van der Waals surface area contributed by atoms with Crippen LogP contribution in [-0.2, 0) is 17.8 Å². The molecule has 1 aliphatic carbocycles. The summed E-state index contributed by atoms with van der Waals surface area (Å²) in [5, 5.41) is 5.01. The number of carbonyl (C=O) groups is 3. The molecule has 3 aromatic rings. The number of nitrogens with one attached hydrogen (secondary N) is 1. The standard InChI is InChI=1S/C23H23N5O3S2/c29-18-13-15(12-17-20(18)33-23(25-17)26-21(30)19-5-3-11-32-19)22(31)28-9-7-27(8-10-28)14-16-4-1-2-6-24-16/h1-6,11,15H,7-10,12-14H2,(H,25,26,30)/t15-/m0/s1. The number of thiazole rings is 1. The van der Waals surface area contributed by atoms with Gasteiger partial charge in [0.15, 0.2) is 10.9 Å². The first-order valence-electron chi connectivity index (χ1n) is 10.9. The zero-order chi connectivity index (χ0) is 22.8. The Kier molecular flexibility index (Phi) is 6.30. The van der Waals surface area contributed by atoms with Crippen molar-refractivity contribution in [2.24, 2.45) is 5.92 Å². The molecule has 2 aliphatic rings. The molecule has 5 rings (SSSR count).